The number of primary amides is 1. The monoisotopic (exact) mass is 1020 g/mol. The second kappa shape index (κ2) is 25.9. The predicted octanol–water partition coefficient (Wildman–Crippen LogP) is -4.73. The lowest BCUT2D eigenvalue weighted by molar-refractivity contribution is -0.144. The molecule has 25 nitrogen and oxygen atoms in total. The molecule has 0 radical (unpaired) electrons. The summed E-state index contributed by atoms with van der Waals surface area (Å²) in [7, 11) is 0. The molecule has 1 fully saturated rings. The van der Waals surface area contributed by atoms with Crippen molar-refractivity contribution >= 4 is 75.2 Å². The van der Waals surface area contributed by atoms with Crippen LogP contribution in [-0.4, -0.2) is 177 Å². The first-order chi connectivity index (χ1) is 33.8. The van der Waals surface area contributed by atoms with Crippen LogP contribution in [-0.2, 0) is 60.7 Å². The zero-order valence-electron chi connectivity index (χ0n) is 40.0. The van der Waals surface area contributed by atoms with Crippen molar-refractivity contribution in [2.24, 2.45) is 23.3 Å². The summed E-state index contributed by atoms with van der Waals surface area (Å²) in [5.74, 6) is -11.2. The lowest BCUT2D eigenvalue weighted by Gasteiger charge is -2.32. The molecule has 0 spiro atoms. The Morgan fingerprint density at radius 2 is 1.56 bits per heavy atom. The third-order valence-corrected chi connectivity index (χ3v) is 14.3. The van der Waals surface area contributed by atoms with Gasteiger partial charge in [0, 0.05) is 53.5 Å². The number of aliphatic hydroxyl groups excluding tert-OH is 3. The van der Waals surface area contributed by atoms with E-state index in [-0.39, 0.29) is 10.6 Å². The van der Waals surface area contributed by atoms with Gasteiger partial charge in [-0.2, -0.15) is 0 Å². The maximum absolute atomic E-state index is 14.9. The summed E-state index contributed by atoms with van der Waals surface area (Å²) in [6.45, 7) is 2.75. The molecule has 1 aromatic carbocycles. The van der Waals surface area contributed by atoms with Gasteiger partial charge in [0.05, 0.1) is 50.4 Å². The van der Waals surface area contributed by atoms with Crippen LogP contribution in [0.1, 0.15) is 71.3 Å². The summed E-state index contributed by atoms with van der Waals surface area (Å²) < 4.78 is 20.9. The number of rotatable bonds is 14. The van der Waals surface area contributed by atoms with Crippen LogP contribution in [0.25, 0.3) is 10.9 Å². The maximum atomic E-state index is 14.9. The molecule has 0 saturated carbocycles. The lowest BCUT2D eigenvalue weighted by atomic mass is 9.93. The molecule has 392 valence electrons. The molecule has 5 rings (SSSR count). The molecule has 15 N–H and O–H groups in total. The number of ether oxygens (including phenoxy) is 1. The second-order valence-corrected chi connectivity index (χ2v) is 19.6. The fourth-order valence-electron chi connectivity index (χ4n) is 8.57. The summed E-state index contributed by atoms with van der Waals surface area (Å²) >= 11 is -2.36. The van der Waals surface area contributed by atoms with E-state index in [1.807, 2.05) is 0 Å². The summed E-state index contributed by atoms with van der Waals surface area (Å²) in [6, 6.07) is -5.04. The highest BCUT2D eigenvalue weighted by molar-refractivity contribution is 7.91. The number of nitrogens with two attached hydrogens (primary N) is 2. The van der Waals surface area contributed by atoms with Gasteiger partial charge in [-0.05, 0) is 37.4 Å². The van der Waals surface area contributed by atoms with E-state index >= 15 is 0 Å². The fraction of sp³-hybridized carbons (Fsp3) is 0.622. The van der Waals surface area contributed by atoms with Crippen LogP contribution in [0.15, 0.2) is 23.2 Å². The van der Waals surface area contributed by atoms with Crippen molar-refractivity contribution in [3.05, 3.63) is 23.8 Å². The van der Waals surface area contributed by atoms with Crippen LogP contribution < -0.4 is 53.4 Å². The molecule has 3 aliphatic heterocycles. The number of aromatic nitrogens is 1. The van der Waals surface area contributed by atoms with Gasteiger partial charge in [-0.1, -0.05) is 40.0 Å². The molecule has 71 heavy (non-hydrogen) atoms. The van der Waals surface area contributed by atoms with Crippen LogP contribution in [0, 0.1) is 11.8 Å². The highest BCUT2D eigenvalue weighted by Crippen LogP contribution is 2.32. The highest BCUT2D eigenvalue weighted by Gasteiger charge is 2.45. The van der Waals surface area contributed by atoms with Crippen molar-refractivity contribution < 1.29 is 67.8 Å². The van der Waals surface area contributed by atoms with Gasteiger partial charge in [-0.25, -0.2) is 0 Å². The summed E-state index contributed by atoms with van der Waals surface area (Å²) in [5, 5.41) is 49.2. The van der Waals surface area contributed by atoms with E-state index in [9.17, 15) is 63.0 Å². The average molecular weight is 1020 g/mol. The van der Waals surface area contributed by atoms with E-state index in [4.69, 9.17) is 16.2 Å². The molecule has 4 heterocycles. The third kappa shape index (κ3) is 14.8. The van der Waals surface area contributed by atoms with Gasteiger partial charge < -0.3 is 83.2 Å². The van der Waals surface area contributed by atoms with E-state index in [0.717, 1.165) is 30.6 Å². The number of fused-ring (bicyclic) bond motifs is 5. The van der Waals surface area contributed by atoms with Crippen molar-refractivity contribution in [2.75, 3.05) is 45.1 Å². The van der Waals surface area contributed by atoms with E-state index in [2.05, 4.69) is 42.2 Å². The van der Waals surface area contributed by atoms with Crippen molar-refractivity contribution in [1.29, 1.82) is 0 Å². The summed E-state index contributed by atoms with van der Waals surface area (Å²) in [5.41, 5.74) is 11.6. The Balaban J connectivity index is 1.72. The predicted molar refractivity (Wildman–Crippen MR) is 254 cm³/mol. The first-order valence-corrected chi connectivity index (χ1v) is 25.0. The zero-order valence-corrected chi connectivity index (χ0v) is 40.8. The Bertz CT molecular complexity index is 2280. The van der Waals surface area contributed by atoms with Gasteiger partial charge in [-0.3, -0.25) is 43.2 Å². The third-order valence-electron chi connectivity index (χ3n) is 12.9. The summed E-state index contributed by atoms with van der Waals surface area (Å²) in [4.78, 5) is 129. The number of aliphatic hydroxyl groups is 3. The van der Waals surface area contributed by atoms with Crippen LogP contribution >= 0.6 is 0 Å². The molecular formula is C45H67N11O14S. The van der Waals surface area contributed by atoms with Gasteiger partial charge in [0.2, 0.25) is 58.2 Å². The number of hydrogen-bond acceptors (Lipinski definition) is 15. The second-order valence-electron chi connectivity index (χ2n) is 18.2. The number of hydrogen-bond donors (Lipinski definition) is 13. The van der Waals surface area contributed by atoms with Gasteiger partial charge >= 0.3 is 0 Å². The molecule has 26 heteroatoms. The molecule has 2 aromatic rings. The number of nitrogens with zero attached hydrogens (tertiary/aromatic N) is 1. The van der Waals surface area contributed by atoms with Gasteiger partial charge in [0.25, 0.3) is 0 Å². The van der Waals surface area contributed by atoms with Crippen molar-refractivity contribution in [2.45, 2.75) is 126 Å². The fourth-order valence-corrected chi connectivity index (χ4v) is 9.97. The Hall–Kier alpha value is -6.06. The van der Waals surface area contributed by atoms with E-state index < -0.39 is 176 Å². The molecule has 11 atom stereocenters. The van der Waals surface area contributed by atoms with Crippen LogP contribution in [0.3, 0.4) is 0 Å². The largest absolute Gasteiger partial charge is 0.610 e. The minimum atomic E-state index is -2.36. The number of carbonyl (C=O) groups is 9. The van der Waals surface area contributed by atoms with Crippen LogP contribution in [0.2, 0.25) is 0 Å². The molecule has 9 amide bonds. The van der Waals surface area contributed by atoms with E-state index in [1.165, 1.54) is 6.92 Å². The van der Waals surface area contributed by atoms with Crippen molar-refractivity contribution in [3.63, 3.8) is 0 Å². The lowest BCUT2D eigenvalue weighted by Crippen LogP contribution is -2.62. The van der Waals surface area contributed by atoms with Crippen LogP contribution in [0.5, 0.6) is 5.75 Å². The average Bonchev–Trinajstić information content (AvgIpc) is 3.91. The smallest absolute Gasteiger partial charge is 0.248 e. The van der Waals surface area contributed by atoms with E-state index in [0.29, 0.717) is 36.2 Å². The number of amides is 9. The Morgan fingerprint density at radius 3 is 2.24 bits per heavy atom. The zero-order chi connectivity index (χ0) is 52.1. The number of benzene rings is 1. The van der Waals surface area contributed by atoms with Crippen molar-refractivity contribution in [3.8, 4) is 5.75 Å². The topological polar surface area (TPSA) is 402 Å². The number of carbonyl (C=O) groups excluding carboxylic acids is 9. The Labute approximate surface area is 412 Å². The quantitative estimate of drug-likeness (QED) is 0.0625. The van der Waals surface area contributed by atoms with E-state index in [1.54, 1.807) is 32.0 Å². The Morgan fingerprint density at radius 1 is 0.873 bits per heavy atom. The number of nitrogens with one attached hydrogen (secondary N) is 8. The van der Waals surface area contributed by atoms with Crippen LogP contribution in [0.4, 0.5) is 0 Å². The highest BCUT2D eigenvalue weighted by atomic mass is 32.2. The number of aromatic amines is 1. The normalized spacial score (nSPS) is 26.8. The van der Waals surface area contributed by atoms with Gasteiger partial charge in [0.15, 0.2) is 6.04 Å². The number of H-pyrrole nitrogens is 1. The SMILES string of the molecule is CC[C@H](C)[C@@H]1NC(=O)CNC(=O)[C@H]2Cc3c([nH]c4cc(OCCCCCCN)ccc34)[S+]([O-])C[C@H](NC(=O)CNC1=O)C(=O)N[C@@H](CC(N)=O)C(=O)N1C[C@H](O)C[C@H]1C(=O)N[C@@H]([C@@H](C)[C@@H](O)CO)C(=O)N2. The molecule has 3 aliphatic rings. The van der Waals surface area contributed by atoms with Crippen molar-refractivity contribution in [1.82, 2.24) is 47.1 Å². The minimum Gasteiger partial charge on any atom is -0.610 e. The first-order valence-electron chi connectivity index (χ1n) is 23.7. The number of unbranched alkanes of at least 4 members (excludes halogenated alkanes) is 3. The molecule has 2 bridgehead atoms. The molecule has 1 unspecified atom stereocenters. The van der Waals surface area contributed by atoms with Gasteiger partial charge in [-0.15, -0.1) is 0 Å². The summed E-state index contributed by atoms with van der Waals surface area (Å²) in [6.07, 6.45) is -1.00. The molecule has 1 saturated heterocycles. The molecule has 0 aliphatic carbocycles. The standard InChI is InChI=1S/C45H67N11O14S/c1-4-22(2)37-42(66)49-17-35(61)50-31-21-71(69)44-27(26-10-9-25(14-28(26)53-44)70-12-8-6-5-7-11-46)15-29(39(63)48-18-36(62)54-37)51-43(67)38(23(3)33(59)20-57)55-41(65)32-13-24(58)19-56(32)45(68)30(16-34(47)60)52-40(31)64/h9-10,14,22-24,29-33,37-38,53,57-59H,4-8,11-13,15-21,46H2,1-3H3,(H2,47,60)(H,48,63)(H,49,66)(H,50,61)(H,51,67)(H,52,64)(H,54,62)(H,55,65)/t22-,23-,24+,29+,30-,31-,32-,33-,37-,38-,71?/m0/s1. The maximum Gasteiger partial charge on any atom is 0.248 e. The van der Waals surface area contributed by atoms with Gasteiger partial charge in [0.1, 0.15) is 41.7 Å². The first kappa shape index (κ1) is 55.9. The molecule has 1 aromatic heterocycles. The molecular weight excluding hydrogens is 951 g/mol. The Kier molecular flexibility index (Phi) is 20.4. The minimum absolute atomic E-state index is 0.102.